The molecule has 1 heterocycles. The minimum atomic E-state index is -3.70. The van der Waals surface area contributed by atoms with Gasteiger partial charge in [0.25, 0.3) is 10.0 Å². The summed E-state index contributed by atoms with van der Waals surface area (Å²) in [6.45, 7) is 5.50. The Morgan fingerprint density at radius 3 is 2.60 bits per heavy atom. The van der Waals surface area contributed by atoms with Gasteiger partial charge in [0.2, 0.25) is 0 Å². The quantitative estimate of drug-likeness (QED) is 0.868. The summed E-state index contributed by atoms with van der Waals surface area (Å²) in [5.41, 5.74) is 1.54. The molecule has 0 atom stereocenters. The number of hydrogen-bond acceptors (Lipinski definition) is 4. The van der Waals surface area contributed by atoms with Gasteiger partial charge in [-0.05, 0) is 31.5 Å². The van der Waals surface area contributed by atoms with E-state index in [0.717, 1.165) is 5.56 Å². The number of aromatic nitrogens is 2. The molecule has 0 aliphatic carbocycles. The summed E-state index contributed by atoms with van der Waals surface area (Å²) in [5.74, 6) is 0.857. The Morgan fingerprint density at radius 1 is 1.30 bits per heavy atom. The second kappa shape index (κ2) is 5.28. The lowest BCUT2D eigenvalue weighted by Crippen LogP contribution is -2.16. The van der Waals surface area contributed by atoms with Crippen molar-refractivity contribution >= 4 is 10.0 Å². The topological polar surface area (TPSA) is 61.2 Å². The summed E-state index contributed by atoms with van der Waals surface area (Å²) < 4.78 is 32.0. The highest BCUT2D eigenvalue weighted by atomic mass is 32.2. The number of benzene rings is 1. The van der Waals surface area contributed by atoms with Crippen LogP contribution in [0.1, 0.15) is 24.0 Å². The third-order valence-corrected chi connectivity index (χ3v) is 4.75. The highest BCUT2D eigenvalue weighted by Crippen LogP contribution is 2.27. The monoisotopic (exact) mass is 294 g/mol. The third-order valence-electron chi connectivity index (χ3n) is 3.04. The van der Waals surface area contributed by atoms with E-state index < -0.39 is 10.0 Å². The van der Waals surface area contributed by atoms with Gasteiger partial charge in [0.15, 0.2) is 0 Å². The van der Waals surface area contributed by atoms with Crippen LogP contribution in [0.15, 0.2) is 29.3 Å². The predicted molar refractivity (Wildman–Crippen MR) is 76.7 cm³/mol. The van der Waals surface area contributed by atoms with E-state index in [0.29, 0.717) is 23.7 Å². The molecule has 0 unspecified atom stereocenters. The molecule has 0 N–H and O–H groups in total. The van der Waals surface area contributed by atoms with Crippen LogP contribution < -0.4 is 4.74 Å². The first-order valence-corrected chi connectivity index (χ1v) is 7.79. The maximum Gasteiger partial charge on any atom is 0.272 e. The van der Waals surface area contributed by atoms with Gasteiger partial charge in [0.1, 0.15) is 16.5 Å². The average molecular weight is 294 g/mol. The Kier molecular flexibility index (Phi) is 3.85. The Hall–Kier alpha value is -1.82. The molecule has 0 amide bonds. The van der Waals surface area contributed by atoms with Crippen molar-refractivity contribution in [1.82, 2.24) is 8.96 Å². The van der Waals surface area contributed by atoms with Crippen LogP contribution in [0.4, 0.5) is 0 Å². The number of methoxy groups -OCH3 is 1. The molecule has 0 bridgehead atoms. The van der Waals surface area contributed by atoms with Gasteiger partial charge in [-0.1, -0.05) is 13.0 Å². The predicted octanol–water partition coefficient (Wildman–Crippen LogP) is 2.31. The van der Waals surface area contributed by atoms with E-state index in [2.05, 4.69) is 4.98 Å². The first kappa shape index (κ1) is 14.6. The molecular formula is C14H18N2O3S. The largest absolute Gasteiger partial charge is 0.495 e. The van der Waals surface area contributed by atoms with Crippen LogP contribution in [-0.4, -0.2) is 24.5 Å². The Morgan fingerprint density at radius 2 is 2.00 bits per heavy atom. The fourth-order valence-electron chi connectivity index (χ4n) is 2.06. The van der Waals surface area contributed by atoms with Crippen LogP contribution >= 0.6 is 0 Å². The number of ether oxygens (including phenoxy) is 1. The Bertz CT molecular complexity index is 733. The van der Waals surface area contributed by atoms with Crippen LogP contribution in [0.25, 0.3) is 0 Å². The van der Waals surface area contributed by atoms with Crippen molar-refractivity contribution < 1.29 is 13.2 Å². The number of rotatable bonds is 4. The van der Waals surface area contributed by atoms with E-state index in [4.69, 9.17) is 4.74 Å². The fraction of sp³-hybridized carbons (Fsp3) is 0.357. The zero-order valence-corrected chi connectivity index (χ0v) is 12.9. The summed E-state index contributed by atoms with van der Waals surface area (Å²) in [7, 11) is -2.24. The van der Waals surface area contributed by atoms with E-state index in [-0.39, 0.29) is 4.90 Å². The van der Waals surface area contributed by atoms with Crippen molar-refractivity contribution in [3.8, 4) is 5.75 Å². The zero-order valence-electron chi connectivity index (χ0n) is 12.0. The molecule has 5 nitrogen and oxygen atoms in total. The van der Waals surface area contributed by atoms with Gasteiger partial charge >= 0.3 is 0 Å². The molecule has 0 aliphatic rings. The SMILES string of the molecule is CCc1nc(C)cn1S(=O)(=O)c1cc(C)ccc1OC. The first-order chi connectivity index (χ1) is 9.40. The average Bonchev–Trinajstić information content (AvgIpc) is 2.80. The summed E-state index contributed by atoms with van der Waals surface area (Å²) in [5, 5.41) is 0. The molecule has 0 radical (unpaired) electrons. The number of imidazole rings is 1. The number of nitrogens with zero attached hydrogens (tertiary/aromatic N) is 2. The van der Waals surface area contributed by atoms with E-state index in [1.807, 2.05) is 19.9 Å². The third kappa shape index (κ3) is 2.43. The highest BCUT2D eigenvalue weighted by Gasteiger charge is 2.24. The van der Waals surface area contributed by atoms with Crippen LogP contribution in [-0.2, 0) is 16.4 Å². The lowest BCUT2D eigenvalue weighted by atomic mass is 10.2. The Labute approximate surface area is 119 Å². The first-order valence-electron chi connectivity index (χ1n) is 6.35. The standard InChI is InChI=1S/C14H18N2O3S/c1-5-14-15-11(3)9-16(14)20(17,18)13-8-10(2)6-7-12(13)19-4/h6-9H,5H2,1-4H3. The molecular weight excluding hydrogens is 276 g/mol. The molecule has 6 heteroatoms. The van der Waals surface area contributed by atoms with Crippen LogP contribution in [0, 0.1) is 13.8 Å². The van der Waals surface area contributed by atoms with Crippen molar-refractivity contribution in [3.63, 3.8) is 0 Å². The van der Waals surface area contributed by atoms with Gasteiger partial charge in [-0.3, -0.25) is 0 Å². The summed E-state index contributed by atoms with van der Waals surface area (Å²) in [6.07, 6.45) is 2.08. The van der Waals surface area contributed by atoms with Crippen molar-refractivity contribution in [2.24, 2.45) is 0 Å². The zero-order chi connectivity index (χ0) is 14.9. The van der Waals surface area contributed by atoms with Crippen molar-refractivity contribution in [3.05, 3.63) is 41.5 Å². The molecule has 1 aromatic heterocycles. The smallest absolute Gasteiger partial charge is 0.272 e. The minimum absolute atomic E-state index is 0.159. The summed E-state index contributed by atoms with van der Waals surface area (Å²) in [4.78, 5) is 4.40. The van der Waals surface area contributed by atoms with Gasteiger partial charge in [-0.2, -0.15) is 0 Å². The van der Waals surface area contributed by atoms with Gasteiger partial charge < -0.3 is 4.74 Å². The Balaban J connectivity index is 2.69. The van der Waals surface area contributed by atoms with Crippen molar-refractivity contribution in [2.75, 3.05) is 7.11 Å². The number of aryl methyl sites for hydroxylation is 3. The summed E-state index contributed by atoms with van der Waals surface area (Å²) >= 11 is 0. The lowest BCUT2D eigenvalue weighted by molar-refractivity contribution is 0.402. The van der Waals surface area contributed by atoms with Gasteiger partial charge in [-0.15, -0.1) is 0 Å². The minimum Gasteiger partial charge on any atom is -0.495 e. The molecule has 0 spiro atoms. The van der Waals surface area contributed by atoms with Crippen molar-refractivity contribution in [2.45, 2.75) is 32.1 Å². The van der Waals surface area contributed by atoms with Gasteiger partial charge in [-0.25, -0.2) is 17.4 Å². The fourth-order valence-corrected chi connectivity index (χ4v) is 3.75. The van der Waals surface area contributed by atoms with E-state index >= 15 is 0 Å². The molecule has 0 aliphatic heterocycles. The van der Waals surface area contributed by atoms with Crippen LogP contribution in [0.2, 0.25) is 0 Å². The maximum atomic E-state index is 12.8. The normalized spacial score (nSPS) is 11.6. The second-order valence-electron chi connectivity index (χ2n) is 4.61. The van der Waals surface area contributed by atoms with E-state index in [1.165, 1.54) is 17.3 Å². The van der Waals surface area contributed by atoms with Gasteiger partial charge in [0, 0.05) is 12.6 Å². The van der Waals surface area contributed by atoms with Crippen LogP contribution in [0.5, 0.6) is 5.75 Å². The lowest BCUT2D eigenvalue weighted by Gasteiger charge is -2.12. The molecule has 20 heavy (non-hydrogen) atoms. The highest BCUT2D eigenvalue weighted by molar-refractivity contribution is 7.90. The molecule has 2 aromatic rings. The maximum absolute atomic E-state index is 12.8. The number of hydrogen-bond donors (Lipinski definition) is 0. The molecule has 0 fully saturated rings. The molecule has 0 saturated carbocycles. The second-order valence-corrected chi connectivity index (χ2v) is 6.39. The summed E-state index contributed by atoms with van der Waals surface area (Å²) in [6, 6.07) is 5.10. The van der Waals surface area contributed by atoms with Crippen LogP contribution in [0.3, 0.4) is 0 Å². The van der Waals surface area contributed by atoms with E-state index in [1.54, 1.807) is 19.1 Å². The van der Waals surface area contributed by atoms with E-state index in [9.17, 15) is 8.42 Å². The molecule has 0 saturated heterocycles. The molecule has 2 rings (SSSR count). The molecule has 1 aromatic carbocycles. The molecule has 108 valence electrons. The van der Waals surface area contributed by atoms with Gasteiger partial charge in [0.05, 0.1) is 12.8 Å². The van der Waals surface area contributed by atoms with Crippen molar-refractivity contribution in [1.29, 1.82) is 0 Å².